The highest BCUT2D eigenvalue weighted by Gasteiger charge is 2.28. The monoisotopic (exact) mass is 241 g/mol. The van der Waals surface area contributed by atoms with Crippen LogP contribution in [-0.2, 0) is 10.0 Å². The summed E-state index contributed by atoms with van der Waals surface area (Å²) >= 11 is 3.39. The zero-order valence-electron chi connectivity index (χ0n) is 6.46. The Balaban J connectivity index is 2.64. The van der Waals surface area contributed by atoms with Crippen LogP contribution >= 0.6 is 15.9 Å². The highest BCUT2D eigenvalue weighted by Crippen LogP contribution is 2.19. The maximum atomic E-state index is 11.3. The molecular weight excluding hydrogens is 230 g/mol. The summed E-state index contributed by atoms with van der Waals surface area (Å²) in [6.45, 7) is 2.99. The van der Waals surface area contributed by atoms with Gasteiger partial charge >= 0.3 is 0 Å². The molecule has 0 amide bonds. The van der Waals surface area contributed by atoms with Crippen LogP contribution in [0.25, 0.3) is 0 Å². The van der Waals surface area contributed by atoms with Gasteiger partial charge in [-0.05, 0) is 13.3 Å². The predicted molar refractivity (Wildman–Crippen MR) is 48.4 cm³/mol. The molecule has 1 atom stereocenters. The number of hydrogen-bond donors (Lipinski definition) is 0. The molecule has 0 aliphatic carbocycles. The lowest BCUT2D eigenvalue weighted by atomic mass is 10.4. The molecule has 3 nitrogen and oxygen atoms in total. The first-order valence-electron chi connectivity index (χ1n) is 3.68. The van der Waals surface area contributed by atoms with Crippen molar-refractivity contribution in [1.29, 1.82) is 0 Å². The average Bonchev–Trinajstić information content (AvgIpc) is 2.36. The normalized spacial score (nSPS) is 27.6. The lowest BCUT2D eigenvalue weighted by Crippen LogP contribution is -2.30. The van der Waals surface area contributed by atoms with Crippen LogP contribution in [0.2, 0.25) is 0 Å². The van der Waals surface area contributed by atoms with E-state index in [0.717, 1.165) is 6.42 Å². The fourth-order valence-electron chi connectivity index (χ4n) is 1.12. The van der Waals surface area contributed by atoms with E-state index in [4.69, 9.17) is 0 Å². The molecule has 0 aromatic heterocycles. The Morgan fingerprint density at radius 3 is 2.64 bits per heavy atom. The van der Waals surface area contributed by atoms with Crippen molar-refractivity contribution in [3.63, 3.8) is 0 Å². The van der Waals surface area contributed by atoms with Crippen LogP contribution in [0.1, 0.15) is 13.3 Å². The first kappa shape index (κ1) is 9.48. The molecular formula is C6H12BrNO2S. The van der Waals surface area contributed by atoms with E-state index >= 15 is 0 Å². The number of halogens is 1. The molecule has 0 N–H and O–H groups in total. The molecule has 0 bridgehead atoms. The van der Waals surface area contributed by atoms with E-state index in [1.54, 1.807) is 11.2 Å². The smallest absolute Gasteiger partial charge is 0.212 e. The van der Waals surface area contributed by atoms with Gasteiger partial charge in [0.25, 0.3) is 0 Å². The topological polar surface area (TPSA) is 37.4 Å². The van der Waals surface area contributed by atoms with Gasteiger partial charge in [-0.2, -0.15) is 0 Å². The van der Waals surface area contributed by atoms with Crippen molar-refractivity contribution >= 4 is 26.0 Å². The third kappa shape index (κ3) is 2.16. The zero-order valence-corrected chi connectivity index (χ0v) is 8.86. The molecule has 66 valence electrons. The highest BCUT2D eigenvalue weighted by atomic mass is 79.9. The Labute approximate surface area is 75.9 Å². The summed E-state index contributed by atoms with van der Waals surface area (Å²) < 4.78 is 24.1. The van der Waals surface area contributed by atoms with Gasteiger partial charge in [0.1, 0.15) is 0 Å². The van der Waals surface area contributed by atoms with Gasteiger partial charge in [-0.25, -0.2) is 12.7 Å². The first-order chi connectivity index (χ1) is 5.06. The third-order valence-corrected chi connectivity index (χ3v) is 4.45. The van der Waals surface area contributed by atoms with Crippen molar-refractivity contribution in [1.82, 2.24) is 4.31 Å². The maximum Gasteiger partial charge on any atom is 0.213 e. The van der Waals surface area contributed by atoms with Crippen molar-refractivity contribution in [3.05, 3.63) is 0 Å². The second kappa shape index (κ2) is 3.41. The molecule has 0 spiro atoms. The Kier molecular flexibility index (Phi) is 2.94. The standard InChI is InChI=1S/C6H12BrNO2S/c1-2-11(9,10)8-4-3-6(7)5-8/h6H,2-5H2,1H3. The first-order valence-corrected chi connectivity index (χ1v) is 6.20. The molecule has 1 aliphatic rings. The fraction of sp³-hybridized carbons (Fsp3) is 1.00. The number of sulfonamides is 1. The number of alkyl halides is 1. The summed E-state index contributed by atoms with van der Waals surface area (Å²) in [5, 5.41) is 0. The van der Waals surface area contributed by atoms with Crippen molar-refractivity contribution in [2.24, 2.45) is 0 Å². The maximum absolute atomic E-state index is 11.3. The summed E-state index contributed by atoms with van der Waals surface area (Å²) in [6, 6.07) is 0. The number of rotatable bonds is 2. The van der Waals surface area contributed by atoms with Gasteiger partial charge in [0.05, 0.1) is 5.75 Å². The SMILES string of the molecule is CCS(=O)(=O)N1CCC(Br)C1. The summed E-state index contributed by atoms with van der Waals surface area (Å²) in [4.78, 5) is 0.351. The highest BCUT2D eigenvalue weighted by molar-refractivity contribution is 9.09. The van der Waals surface area contributed by atoms with Gasteiger partial charge < -0.3 is 0 Å². The van der Waals surface area contributed by atoms with E-state index in [9.17, 15) is 8.42 Å². The van der Waals surface area contributed by atoms with Gasteiger partial charge in [-0.1, -0.05) is 15.9 Å². The Bertz CT molecular complexity index is 227. The predicted octanol–water partition coefficient (Wildman–Crippen LogP) is 0.805. The van der Waals surface area contributed by atoms with Crippen molar-refractivity contribution in [2.75, 3.05) is 18.8 Å². The Morgan fingerprint density at radius 2 is 2.27 bits per heavy atom. The summed E-state index contributed by atoms with van der Waals surface area (Å²) in [5.41, 5.74) is 0. The van der Waals surface area contributed by atoms with Crippen LogP contribution in [0.15, 0.2) is 0 Å². The molecule has 1 saturated heterocycles. The molecule has 0 saturated carbocycles. The molecule has 1 heterocycles. The van der Waals surface area contributed by atoms with E-state index in [-0.39, 0.29) is 5.75 Å². The molecule has 0 aromatic carbocycles. The van der Waals surface area contributed by atoms with Crippen LogP contribution in [0.5, 0.6) is 0 Å². The molecule has 0 radical (unpaired) electrons. The average molecular weight is 242 g/mol. The van der Waals surface area contributed by atoms with Gasteiger partial charge in [0.15, 0.2) is 0 Å². The summed E-state index contributed by atoms with van der Waals surface area (Å²) in [7, 11) is -2.93. The minimum atomic E-state index is -2.93. The second-order valence-electron chi connectivity index (χ2n) is 2.64. The van der Waals surface area contributed by atoms with Gasteiger partial charge in [-0.15, -0.1) is 0 Å². The molecule has 1 unspecified atom stereocenters. The van der Waals surface area contributed by atoms with E-state index in [2.05, 4.69) is 15.9 Å². The van der Waals surface area contributed by atoms with Crippen LogP contribution in [0.3, 0.4) is 0 Å². The number of hydrogen-bond acceptors (Lipinski definition) is 2. The third-order valence-electron chi connectivity index (χ3n) is 1.85. The van der Waals surface area contributed by atoms with Gasteiger partial charge in [0, 0.05) is 17.9 Å². The van der Waals surface area contributed by atoms with E-state index < -0.39 is 10.0 Å². The van der Waals surface area contributed by atoms with Crippen LogP contribution in [0, 0.1) is 0 Å². The quantitative estimate of drug-likeness (QED) is 0.672. The fourth-order valence-corrected chi connectivity index (χ4v) is 3.02. The van der Waals surface area contributed by atoms with E-state index in [1.807, 2.05) is 0 Å². The summed E-state index contributed by atoms with van der Waals surface area (Å²) in [6.07, 6.45) is 0.930. The summed E-state index contributed by atoms with van der Waals surface area (Å²) in [5.74, 6) is 0.215. The minimum Gasteiger partial charge on any atom is -0.212 e. The lowest BCUT2D eigenvalue weighted by Gasteiger charge is -2.13. The molecule has 1 aliphatic heterocycles. The lowest BCUT2D eigenvalue weighted by molar-refractivity contribution is 0.479. The minimum absolute atomic E-state index is 0.215. The van der Waals surface area contributed by atoms with Crippen LogP contribution in [-0.4, -0.2) is 36.4 Å². The van der Waals surface area contributed by atoms with Crippen molar-refractivity contribution in [3.8, 4) is 0 Å². The largest absolute Gasteiger partial charge is 0.213 e. The Hall–Kier alpha value is 0.390. The Morgan fingerprint density at radius 1 is 1.64 bits per heavy atom. The molecule has 0 aromatic rings. The van der Waals surface area contributed by atoms with E-state index in [1.165, 1.54) is 0 Å². The van der Waals surface area contributed by atoms with Crippen molar-refractivity contribution in [2.45, 2.75) is 18.2 Å². The molecule has 5 heteroatoms. The molecule has 11 heavy (non-hydrogen) atoms. The molecule has 1 rings (SSSR count). The van der Waals surface area contributed by atoms with Crippen LogP contribution in [0.4, 0.5) is 0 Å². The van der Waals surface area contributed by atoms with Gasteiger partial charge in [-0.3, -0.25) is 0 Å². The van der Waals surface area contributed by atoms with Crippen molar-refractivity contribution < 1.29 is 8.42 Å². The van der Waals surface area contributed by atoms with E-state index in [0.29, 0.717) is 17.9 Å². The van der Waals surface area contributed by atoms with Crippen LogP contribution < -0.4 is 0 Å². The number of nitrogens with zero attached hydrogens (tertiary/aromatic N) is 1. The van der Waals surface area contributed by atoms with Gasteiger partial charge in [0.2, 0.25) is 10.0 Å². The second-order valence-corrected chi connectivity index (χ2v) is 6.20. The molecule has 1 fully saturated rings. The zero-order chi connectivity index (χ0) is 8.48.